The van der Waals surface area contributed by atoms with E-state index in [0.717, 1.165) is 18.8 Å². The van der Waals surface area contributed by atoms with E-state index in [1.807, 2.05) is 7.05 Å². The van der Waals surface area contributed by atoms with Crippen LogP contribution in [0.2, 0.25) is 5.02 Å². The van der Waals surface area contributed by atoms with Crippen LogP contribution in [0.1, 0.15) is 10.4 Å². The summed E-state index contributed by atoms with van der Waals surface area (Å²) in [5.41, 5.74) is 1.32. The number of benzene rings is 1. The van der Waals surface area contributed by atoms with Gasteiger partial charge in [-0.1, -0.05) is 11.6 Å². The number of methoxy groups -OCH3 is 1. The van der Waals surface area contributed by atoms with Gasteiger partial charge in [-0.25, -0.2) is 0 Å². The van der Waals surface area contributed by atoms with Gasteiger partial charge < -0.3 is 20.3 Å². The summed E-state index contributed by atoms with van der Waals surface area (Å²) < 4.78 is 5.00. The number of halogens is 1. The molecule has 1 aromatic rings. The van der Waals surface area contributed by atoms with Gasteiger partial charge in [0.15, 0.2) is 0 Å². The van der Waals surface area contributed by atoms with E-state index in [-0.39, 0.29) is 5.91 Å². The minimum absolute atomic E-state index is 0.128. The molecule has 6 heteroatoms. The zero-order valence-electron chi connectivity index (χ0n) is 12.2. The van der Waals surface area contributed by atoms with Crippen molar-refractivity contribution in [1.82, 2.24) is 10.2 Å². The molecule has 0 saturated carbocycles. The van der Waals surface area contributed by atoms with E-state index < -0.39 is 0 Å². The number of hydrogen-bond acceptors (Lipinski definition) is 4. The average molecular weight is 300 g/mol. The summed E-state index contributed by atoms with van der Waals surface area (Å²) >= 11 is 5.93. The molecule has 1 aromatic carbocycles. The van der Waals surface area contributed by atoms with Gasteiger partial charge in [-0.05, 0) is 25.2 Å². The fraction of sp³-hybridized carbons (Fsp3) is 0.500. The van der Waals surface area contributed by atoms with Crippen LogP contribution in [-0.4, -0.2) is 58.3 Å². The maximum Gasteiger partial charge on any atom is 0.253 e. The van der Waals surface area contributed by atoms with Gasteiger partial charge in [-0.15, -0.1) is 0 Å². The highest BCUT2D eigenvalue weighted by molar-refractivity contribution is 6.31. The topological polar surface area (TPSA) is 53.6 Å². The van der Waals surface area contributed by atoms with Crippen molar-refractivity contribution in [2.75, 3.05) is 52.8 Å². The molecule has 0 saturated heterocycles. The van der Waals surface area contributed by atoms with E-state index in [0.29, 0.717) is 23.7 Å². The largest absolute Gasteiger partial charge is 0.387 e. The number of carbonyl (C=O) groups is 1. The predicted molar refractivity (Wildman–Crippen MR) is 82.7 cm³/mol. The molecule has 0 aromatic heterocycles. The number of anilines is 1. The van der Waals surface area contributed by atoms with E-state index in [1.165, 1.54) is 0 Å². The molecule has 0 aliphatic heterocycles. The Kier molecular flexibility index (Phi) is 7.36. The van der Waals surface area contributed by atoms with Crippen molar-refractivity contribution in [3.63, 3.8) is 0 Å². The minimum Gasteiger partial charge on any atom is -0.387 e. The van der Waals surface area contributed by atoms with E-state index >= 15 is 0 Å². The average Bonchev–Trinajstić information content (AvgIpc) is 2.44. The molecule has 0 spiro atoms. The van der Waals surface area contributed by atoms with Crippen molar-refractivity contribution in [2.45, 2.75) is 0 Å². The van der Waals surface area contributed by atoms with E-state index in [4.69, 9.17) is 16.3 Å². The van der Waals surface area contributed by atoms with Gasteiger partial charge in [0.25, 0.3) is 5.91 Å². The molecule has 2 N–H and O–H groups in total. The fourth-order valence-electron chi connectivity index (χ4n) is 1.74. The van der Waals surface area contributed by atoms with Gasteiger partial charge in [0.2, 0.25) is 0 Å². The second-order valence-corrected chi connectivity index (χ2v) is 4.93. The molecule has 0 aliphatic carbocycles. The zero-order valence-corrected chi connectivity index (χ0v) is 13.0. The highest BCUT2D eigenvalue weighted by atomic mass is 35.5. The predicted octanol–water partition coefficient (Wildman–Crippen LogP) is 1.69. The molecule has 0 bridgehead atoms. The smallest absolute Gasteiger partial charge is 0.253 e. The van der Waals surface area contributed by atoms with Crippen LogP contribution in [0.3, 0.4) is 0 Å². The Balaban J connectivity index is 2.49. The second kappa shape index (κ2) is 8.79. The first-order valence-electron chi connectivity index (χ1n) is 6.51. The molecule has 0 fully saturated rings. The van der Waals surface area contributed by atoms with Gasteiger partial charge in [0, 0.05) is 44.5 Å². The molecular weight excluding hydrogens is 278 g/mol. The summed E-state index contributed by atoms with van der Waals surface area (Å²) in [5, 5.41) is 6.42. The van der Waals surface area contributed by atoms with Crippen molar-refractivity contribution in [1.29, 1.82) is 0 Å². The molecule has 1 rings (SSSR count). The Morgan fingerprint density at radius 2 is 2.15 bits per heavy atom. The Morgan fingerprint density at radius 1 is 1.40 bits per heavy atom. The quantitative estimate of drug-likeness (QED) is 0.767. The number of amides is 1. The van der Waals surface area contributed by atoms with E-state index in [2.05, 4.69) is 15.5 Å². The number of nitrogens with one attached hydrogen (secondary N) is 2. The first kappa shape index (κ1) is 16.8. The lowest BCUT2D eigenvalue weighted by atomic mass is 10.1. The second-order valence-electron chi connectivity index (χ2n) is 4.49. The lowest BCUT2D eigenvalue weighted by Gasteiger charge is -2.16. The van der Waals surface area contributed by atoms with Crippen LogP contribution in [-0.2, 0) is 4.74 Å². The number of nitrogens with zero attached hydrogens (tertiary/aromatic N) is 1. The Hall–Kier alpha value is -1.30. The summed E-state index contributed by atoms with van der Waals surface area (Å²) in [6.45, 7) is 2.87. The maximum absolute atomic E-state index is 12.1. The van der Waals surface area contributed by atoms with Crippen LogP contribution in [0.25, 0.3) is 0 Å². The molecule has 0 unspecified atom stereocenters. The Labute approximate surface area is 125 Å². The molecule has 0 radical (unpaired) electrons. The normalized spacial score (nSPS) is 10.7. The standard InChI is InChI=1S/C14H22ClN3O2/c1-16-13-5-4-11(15)10-12(13)14(19)17-6-7-18(2)8-9-20-3/h4-5,10,16H,6-9H2,1-3H3,(H,17,19). The van der Waals surface area contributed by atoms with E-state index in [9.17, 15) is 4.79 Å². The zero-order chi connectivity index (χ0) is 15.0. The van der Waals surface area contributed by atoms with E-state index in [1.54, 1.807) is 32.4 Å². The molecule has 112 valence electrons. The van der Waals surface area contributed by atoms with Gasteiger partial charge in [0.05, 0.1) is 12.2 Å². The van der Waals surface area contributed by atoms with Crippen molar-refractivity contribution >= 4 is 23.2 Å². The number of carbonyl (C=O) groups excluding carboxylic acids is 1. The highest BCUT2D eigenvalue weighted by Crippen LogP contribution is 2.20. The highest BCUT2D eigenvalue weighted by Gasteiger charge is 2.11. The van der Waals surface area contributed by atoms with Gasteiger partial charge in [-0.3, -0.25) is 4.79 Å². The minimum atomic E-state index is -0.128. The summed E-state index contributed by atoms with van der Waals surface area (Å²) in [6, 6.07) is 5.21. The summed E-state index contributed by atoms with van der Waals surface area (Å²) in [6.07, 6.45) is 0. The lowest BCUT2D eigenvalue weighted by Crippen LogP contribution is -2.34. The van der Waals surface area contributed by atoms with Gasteiger partial charge >= 0.3 is 0 Å². The molecule has 0 atom stereocenters. The first-order valence-corrected chi connectivity index (χ1v) is 6.89. The Bertz CT molecular complexity index is 440. The summed E-state index contributed by atoms with van der Waals surface area (Å²) in [4.78, 5) is 14.2. The van der Waals surface area contributed by atoms with Crippen LogP contribution in [0.5, 0.6) is 0 Å². The first-order chi connectivity index (χ1) is 9.58. The number of hydrogen-bond donors (Lipinski definition) is 2. The van der Waals surface area contributed by atoms with Crippen molar-refractivity contribution in [2.24, 2.45) is 0 Å². The summed E-state index contributed by atoms with van der Waals surface area (Å²) in [5.74, 6) is -0.128. The number of rotatable bonds is 8. The molecular formula is C14H22ClN3O2. The van der Waals surface area contributed by atoms with Crippen LogP contribution < -0.4 is 10.6 Å². The molecule has 5 nitrogen and oxygen atoms in total. The van der Waals surface area contributed by atoms with Crippen LogP contribution in [0.15, 0.2) is 18.2 Å². The molecule has 20 heavy (non-hydrogen) atoms. The lowest BCUT2D eigenvalue weighted by molar-refractivity contribution is 0.0948. The summed E-state index contributed by atoms with van der Waals surface area (Å²) in [7, 11) is 5.44. The number of likely N-dealkylation sites (N-methyl/N-ethyl adjacent to an activating group) is 1. The molecule has 0 heterocycles. The van der Waals surface area contributed by atoms with Crippen LogP contribution >= 0.6 is 11.6 Å². The monoisotopic (exact) mass is 299 g/mol. The maximum atomic E-state index is 12.1. The van der Waals surface area contributed by atoms with Crippen molar-refractivity contribution < 1.29 is 9.53 Å². The van der Waals surface area contributed by atoms with Gasteiger partial charge in [-0.2, -0.15) is 0 Å². The molecule has 0 aliphatic rings. The Morgan fingerprint density at radius 3 is 2.80 bits per heavy atom. The van der Waals surface area contributed by atoms with Crippen molar-refractivity contribution in [3.05, 3.63) is 28.8 Å². The SMILES string of the molecule is CNc1ccc(Cl)cc1C(=O)NCCN(C)CCOC. The number of ether oxygens (including phenoxy) is 1. The van der Waals surface area contributed by atoms with Crippen LogP contribution in [0, 0.1) is 0 Å². The van der Waals surface area contributed by atoms with Gasteiger partial charge in [0.1, 0.15) is 0 Å². The fourth-order valence-corrected chi connectivity index (χ4v) is 1.91. The van der Waals surface area contributed by atoms with Crippen LogP contribution in [0.4, 0.5) is 5.69 Å². The molecule has 1 amide bonds. The third-order valence-electron chi connectivity index (χ3n) is 2.95. The third kappa shape index (κ3) is 5.36. The van der Waals surface area contributed by atoms with Crippen molar-refractivity contribution in [3.8, 4) is 0 Å². The third-order valence-corrected chi connectivity index (χ3v) is 3.19.